The van der Waals surface area contributed by atoms with E-state index in [9.17, 15) is 13.2 Å². The van der Waals surface area contributed by atoms with E-state index in [4.69, 9.17) is 26.1 Å². The molecule has 13 heteroatoms. The minimum atomic E-state index is -3.79. The monoisotopic (exact) mass is 618 g/mol. The molecular weight excluding hydrogens is 583 g/mol. The number of sulfonamides is 1. The third-order valence-corrected chi connectivity index (χ3v) is 9.09. The number of ether oxygens (including phenoxy) is 2. The Kier molecular flexibility index (Phi) is 13.0. The van der Waals surface area contributed by atoms with Gasteiger partial charge in [-0.15, -0.1) is 12.4 Å². The zero-order valence-electron chi connectivity index (χ0n) is 22.8. The quantitative estimate of drug-likeness (QED) is 0.261. The zero-order chi connectivity index (χ0) is 27.9. The molecule has 0 bridgehead atoms. The number of hydrogen-bond donors (Lipinski definition) is 0. The number of aryl methyl sites for hydroxylation is 1. The van der Waals surface area contributed by atoms with E-state index in [0.29, 0.717) is 22.3 Å². The van der Waals surface area contributed by atoms with Gasteiger partial charge in [0.1, 0.15) is 0 Å². The highest BCUT2D eigenvalue weighted by Gasteiger charge is 2.26. The van der Waals surface area contributed by atoms with E-state index in [1.54, 1.807) is 17.0 Å². The van der Waals surface area contributed by atoms with Crippen molar-refractivity contribution < 1.29 is 22.7 Å². The minimum absolute atomic E-state index is 0. The molecule has 0 radical (unpaired) electrons. The van der Waals surface area contributed by atoms with Crippen molar-refractivity contribution in [2.75, 3.05) is 72.6 Å². The number of methoxy groups -OCH3 is 2. The summed E-state index contributed by atoms with van der Waals surface area (Å²) in [5, 5.41) is 1.20. The average molecular weight is 620 g/mol. The summed E-state index contributed by atoms with van der Waals surface area (Å²) < 4.78 is 38.9. The Labute approximate surface area is 246 Å². The molecule has 0 saturated carbocycles. The van der Waals surface area contributed by atoms with E-state index in [2.05, 4.69) is 4.90 Å². The number of hydrogen-bond acceptors (Lipinski definition) is 8. The van der Waals surface area contributed by atoms with Crippen molar-refractivity contribution in [2.45, 2.75) is 18.2 Å². The summed E-state index contributed by atoms with van der Waals surface area (Å²) in [6.45, 7) is 4.12. The number of carbonyl (C=O) groups is 1. The lowest BCUT2D eigenvalue weighted by Crippen LogP contribution is -2.36. The molecule has 9 nitrogen and oxygen atoms in total. The van der Waals surface area contributed by atoms with E-state index in [1.807, 2.05) is 33.2 Å². The van der Waals surface area contributed by atoms with Crippen LogP contribution in [-0.4, -0.2) is 96.2 Å². The van der Waals surface area contributed by atoms with Gasteiger partial charge in [0, 0.05) is 44.4 Å². The maximum absolute atomic E-state index is 13.7. The van der Waals surface area contributed by atoms with Gasteiger partial charge < -0.3 is 14.4 Å². The highest BCUT2D eigenvalue weighted by Crippen LogP contribution is 2.34. The van der Waals surface area contributed by atoms with Gasteiger partial charge in [-0.2, -0.15) is 4.31 Å². The Hall–Kier alpha value is -1.83. The van der Waals surface area contributed by atoms with E-state index in [0.717, 1.165) is 28.7 Å². The van der Waals surface area contributed by atoms with Crippen molar-refractivity contribution in [3.05, 3.63) is 52.5 Å². The standard InChI is InChI=1S/C26H35ClN4O5S2.ClH/c1-19-17-21(27)18-23-24(19)28-26(37-23)31(12-6-11-29(2)3)25(32)20-7-9-22(10-8-20)38(33,34)30(13-15-35-4)14-16-36-5;/h7-10,17-18H,6,11-16H2,1-5H3;1H. The topological polar surface area (TPSA) is 92.3 Å². The van der Waals surface area contributed by atoms with Crippen molar-refractivity contribution in [1.82, 2.24) is 14.2 Å². The second kappa shape index (κ2) is 15.2. The van der Waals surface area contributed by atoms with Gasteiger partial charge in [0.2, 0.25) is 10.0 Å². The molecule has 39 heavy (non-hydrogen) atoms. The molecule has 0 fully saturated rings. The van der Waals surface area contributed by atoms with Gasteiger partial charge in [-0.3, -0.25) is 9.69 Å². The second-order valence-electron chi connectivity index (χ2n) is 9.09. The van der Waals surface area contributed by atoms with Gasteiger partial charge in [0.25, 0.3) is 5.91 Å². The van der Waals surface area contributed by atoms with Crippen molar-refractivity contribution in [3.8, 4) is 0 Å². The van der Waals surface area contributed by atoms with Crippen LogP contribution in [-0.2, 0) is 19.5 Å². The fraction of sp³-hybridized carbons (Fsp3) is 0.462. The van der Waals surface area contributed by atoms with Crippen LogP contribution in [0.3, 0.4) is 0 Å². The normalized spacial score (nSPS) is 11.8. The lowest BCUT2D eigenvalue weighted by atomic mass is 10.2. The van der Waals surface area contributed by atoms with Crippen LogP contribution in [0.15, 0.2) is 41.3 Å². The lowest BCUT2D eigenvalue weighted by Gasteiger charge is -2.22. The smallest absolute Gasteiger partial charge is 0.260 e. The Balaban J connectivity index is 0.00000533. The first-order chi connectivity index (χ1) is 18.1. The number of aromatic nitrogens is 1. The van der Waals surface area contributed by atoms with Gasteiger partial charge >= 0.3 is 0 Å². The Bertz CT molecular complexity index is 1330. The summed E-state index contributed by atoms with van der Waals surface area (Å²) in [4.78, 5) is 22.3. The third-order valence-electron chi connectivity index (χ3n) is 5.93. The number of benzene rings is 2. The van der Waals surface area contributed by atoms with Crippen molar-refractivity contribution in [3.63, 3.8) is 0 Å². The van der Waals surface area contributed by atoms with E-state index >= 15 is 0 Å². The summed E-state index contributed by atoms with van der Waals surface area (Å²) >= 11 is 7.66. The van der Waals surface area contributed by atoms with Crippen LogP contribution < -0.4 is 4.90 Å². The molecule has 0 N–H and O–H groups in total. The van der Waals surface area contributed by atoms with Crippen LogP contribution >= 0.6 is 35.3 Å². The molecule has 0 unspecified atom stereocenters. The van der Waals surface area contributed by atoms with Crippen LogP contribution in [0.2, 0.25) is 5.02 Å². The molecular formula is C26H36Cl2N4O5S2. The van der Waals surface area contributed by atoms with Gasteiger partial charge in [-0.1, -0.05) is 22.9 Å². The summed E-state index contributed by atoms with van der Waals surface area (Å²) in [6.07, 6.45) is 0.745. The minimum Gasteiger partial charge on any atom is -0.383 e. The fourth-order valence-corrected chi connectivity index (χ4v) is 6.75. The summed E-state index contributed by atoms with van der Waals surface area (Å²) in [5.74, 6) is -0.244. The highest BCUT2D eigenvalue weighted by molar-refractivity contribution is 7.89. The van der Waals surface area contributed by atoms with Gasteiger partial charge in [0.15, 0.2) is 5.13 Å². The molecule has 0 atom stereocenters. The third kappa shape index (κ3) is 8.58. The molecule has 3 rings (SSSR count). The van der Waals surface area contributed by atoms with Gasteiger partial charge in [-0.05, 0) is 75.9 Å². The van der Waals surface area contributed by atoms with E-state index < -0.39 is 10.0 Å². The lowest BCUT2D eigenvalue weighted by molar-refractivity contribution is 0.0986. The largest absolute Gasteiger partial charge is 0.383 e. The number of anilines is 1. The molecule has 0 aliphatic heterocycles. The first kappa shape index (κ1) is 33.4. The average Bonchev–Trinajstić information content (AvgIpc) is 3.30. The maximum Gasteiger partial charge on any atom is 0.260 e. The van der Waals surface area contributed by atoms with E-state index in [-0.39, 0.29) is 49.5 Å². The second-order valence-corrected chi connectivity index (χ2v) is 12.5. The van der Waals surface area contributed by atoms with Crippen LogP contribution in [0.25, 0.3) is 10.2 Å². The fourth-order valence-electron chi connectivity index (χ4n) is 3.90. The molecule has 0 spiro atoms. The summed E-state index contributed by atoms with van der Waals surface area (Å²) in [7, 11) is 3.22. The number of rotatable bonds is 14. The number of nitrogens with zero attached hydrogens (tertiary/aromatic N) is 4. The van der Waals surface area contributed by atoms with Crippen LogP contribution in [0.4, 0.5) is 5.13 Å². The zero-order valence-corrected chi connectivity index (χ0v) is 26.1. The number of amides is 1. The molecule has 1 aromatic heterocycles. The molecule has 3 aromatic rings. The number of thiazole rings is 1. The Morgan fingerprint density at radius 1 is 1.00 bits per heavy atom. The predicted molar refractivity (Wildman–Crippen MR) is 160 cm³/mol. The van der Waals surface area contributed by atoms with Crippen molar-refractivity contribution in [2.24, 2.45) is 0 Å². The molecule has 0 aliphatic carbocycles. The predicted octanol–water partition coefficient (Wildman–Crippen LogP) is 4.56. The highest BCUT2D eigenvalue weighted by atomic mass is 35.5. The van der Waals surface area contributed by atoms with Gasteiger partial charge in [-0.25, -0.2) is 13.4 Å². The number of fused-ring (bicyclic) bond motifs is 1. The summed E-state index contributed by atoms with van der Waals surface area (Å²) in [6, 6.07) is 9.74. The number of halogens is 2. The molecule has 1 heterocycles. The summed E-state index contributed by atoms with van der Waals surface area (Å²) in [5.41, 5.74) is 2.13. The van der Waals surface area contributed by atoms with Crippen LogP contribution in [0.1, 0.15) is 22.3 Å². The van der Waals surface area contributed by atoms with Crippen LogP contribution in [0, 0.1) is 6.92 Å². The first-order valence-electron chi connectivity index (χ1n) is 12.2. The van der Waals surface area contributed by atoms with Crippen LogP contribution in [0.5, 0.6) is 0 Å². The van der Waals surface area contributed by atoms with Crippen molar-refractivity contribution >= 4 is 66.6 Å². The van der Waals surface area contributed by atoms with Crippen molar-refractivity contribution in [1.29, 1.82) is 0 Å². The first-order valence-corrected chi connectivity index (χ1v) is 14.8. The van der Waals surface area contributed by atoms with E-state index in [1.165, 1.54) is 42.0 Å². The SMILES string of the molecule is COCCN(CCOC)S(=O)(=O)c1ccc(C(=O)N(CCCN(C)C)c2nc3c(C)cc(Cl)cc3s2)cc1.Cl. The molecule has 1 amide bonds. The number of carbonyl (C=O) groups excluding carboxylic acids is 1. The Morgan fingerprint density at radius 3 is 2.18 bits per heavy atom. The molecule has 2 aromatic carbocycles. The molecule has 0 aliphatic rings. The maximum atomic E-state index is 13.7. The molecule has 0 saturated heterocycles. The van der Waals surface area contributed by atoms with Gasteiger partial charge in [0.05, 0.1) is 28.3 Å². The Morgan fingerprint density at radius 2 is 1.62 bits per heavy atom. The molecule has 216 valence electrons.